The summed E-state index contributed by atoms with van der Waals surface area (Å²) in [4.78, 5) is 17.4. The first-order chi connectivity index (χ1) is 8.65. The van der Waals surface area contributed by atoms with Gasteiger partial charge in [0.1, 0.15) is 5.82 Å². The molecule has 1 aliphatic rings. The van der Waals surface area contributed by atoms with Crippen LogP contribution in [-0.4, -0.2) is 55.2 Å². The zero-order valence-electron chi connectivity index (χ0n) is 10.4. The molecule has 3 N–H and O–H groups in total. The highest BCUT2D eigenvalue weighted by Gasteiger charge is 2.17. The second-order valence-corrected chi connectivity index (χ2v) is 4.43. The van der Waals surface area contributed by atoms with Gasteiger partial charge in [-0.15, -0.1) is 0 Å². The van der Waals surface area contributed by atoms with Gasteiger partial charge in [0, 0.05) is 31.4 Å². The molecule has 0 bridgehead atoms. The van der Waals surface area contributed by atoms with Gasteiger partial charge in [-0.25, -0.2) is 4.98 Å². The number of aromatic nitrogens is 1. The molecule has 0 saturated carbocycles. The van der Waals surface area contributed by atoms with E-state index in [-0.39, 0.29) is 6.10 Å². The Morgan fingerprint density at radius 1 is 1.72 bits per heavy atom. The van der Waals surface area contributed by atoms with Gasteiger partial charge >= 0.3 is 0 Å². The summed E-state index contributed by atoms with van der Waals surface area (Å²) in [7, 11) is 2.07. The van der Waals surface area contributed by atoms with Gasteiger partial charge in [-0.3, -0.25) is 4.79 Å². The summed E-state index contributed by atoms with van der Waals surface area (Å²) in [5.74, 6) is 0.192. The number of rotatable bonds is 4. The van der Waals surface area contributed by atoms with E-state index >= 15 is 0 Å². The van der Waals surface area contributed by atoms with Crippen molar-refractivity contribution >= 4 is 11.7 Å². The summed E-state index contributed by atoms with van der Waals surface area (Å²) >= 11 is 0. The summed E-state index contributed by atoms with van der Waals surface area (Å²) in [6.07, 6.45) is 1.71. The van der Waals surface area contributed by atoms with Crippen molar-refractivity contribution in [3.63, 3.8) is 0 Å². The average molecular weight is 250 g/mol. The van der Waals surface area contributed by atoms with Crippen molar-refractivity contribution in [2.45, 2.75) is 6.10 Å². The molecular weight excluding hydrogens is 232 g/mol. The van der Waals surface area contributed by atoms with Gasteiger partial charge in [-0.05, 0) is 19.2 Å². The largest absolute Gasteiger partial charge is 0.374 e. The van der Waals surface area contributed by atoms with Gasteiger partial charge in [-0.2, -0.15) is 0 Å². The lowest BCUT2D eigenvalue weighted by Crippen LogP contribution is -2.43. The third kappa shape index (κ3) is 3.41. The predicted octanol–water partition coefficient (Wildman–Crippen LogP) is -0.0770. The van der Waals surface area contributed by atoms with Crippen LogP contribution in [0.25, 0.3) is 0 Å². The molecule has 1 aliphatic heterocycles. The fourth-order valence-corrected chi connectivity index (χ4v) is 1.89. The molecule has 1 unspecified atom stereocenters. The molecule has 18 heavy (non-hydrogen) atoms. The second-order valence-electron chi connectivity index (χ2n) is 4.43. The van der Waals surface area contributed by atoms with Gasteiger partial charge in [-0.1, -0.05) is 0 Å². The van der Waals surface area contributed by atoms with Gasteiger partial charge < -0.3 is 20.7 Å². The first-order valence-electron chi connectivity index (χ1n) is 5.95. The number of nitrogens with one attached hydrogen (secondary N) is 1. The topological polar surface area (TPSA) is 80.5 Å². The van der Waals surface area contributed by atoms with Crippen molar-refractivity contribution in [1.82, 2.24) is 9.88 Å². The Kier molecular flexibility index (Phi) is 4.11. The fourth-order valence-electron chi connectivity index (χ4n) is 1.89. The SMILES string of the molecule is CN1CCOC(CNc2cc(C(N)=O)ccn2)C1. The number of primary amides is 1. The smallest absolute Gasteiger partial charge is 0.248 e. The van der Waals surface area contributed by atoms with Crippen LogP contribution >= 0.6 is 0 Å². The highest BCUT2D eigenvalue weighted by Crippen LogP contribution is 2.08. The first kappa shape index (κ1) is 12.8. The van der Waals surface area contributed by atoms with Crippen molar-refractivity contribution in [2.75, 3.05) is 38.6 Å². The van der Waals surface area contributed by atoms with E-state index in [1.54, 1.807) is 18.3 Å². The molecule has 0 aliphatic carbocycles. The predicted molar refractivity (Wildman–Crippen MR) is 68.5 cm³/mol. The molecule has 1 atom stereocenters. The number of morpholine rings is 1. The number of amides is 1. The quantitative estimate of drug-likeness (QED) is 0.781. The lowest BCUT2D eigenvalue weighted by molar-refractivity contribution is -0.0117. The minimum Gasteiger partial charge on any atom is -0.374 e. The van der Waals surface area contributed by atoms with Crippen LogP contribution in [0.3, 0.4) is 0 Å². The maximum Gasteiger partial charge on any atom is 0.248 e. The molecule has 0 radical (unpaired) electrons. The van der Waals surface area contributed by atoms with Crippen LogP contribution in [0, 0.1) is 0 Å². The molecule has 1 aromatic heterocycles. The Morgan fingerprint density at radius 2 is 2.56 bits per heavy atom. The first-order valence-corrected chi connectivity index (χ1v) is 5.95. The molecule has 2 rings (SSSR count). The highest BCUT2D eigenvalue weighted by atomic mass is 16.5. The Balaban J connectivity index is 1.89. The molecule has 0 spiro atoms. The van der Waals surface area contributed by atoms with E-state index in [1.807, 2.05) is 0 Å². The van der Waals surface area contributed by atoms with Crippen LogP contribution < -0.4 is 11.1 Å². The van der Waals surface area contributed by atoms with Crippen LogP contribution in [0.2, 0.25) is 0 Å². The van der Waals surface area contributed by atoms with Gasteiger partial charge in [0.2, 0.25) is 5.91 Å². The van der Waals surface area contributed by atoms with E-state index in [0.717, 1.165) is 19.7 Å². The van der Waals surface area contributed by atoms with E-state index in [9.17, 15) is 4.79 Å². The molecule has 1 amide bonds. The molecule has 6 nitrogen and oxygen atoms in total. The van der Waals surface area contributed by atoms with E-state index in [4.69, 9.17) is 10.5 Å². The van der Waals surface area contributed by atoms with Crippen LogP contribution in [0.1, 0.15) is 10.4 Å². The number of carbonyl (C=O) groups excluding carboxylic acids is 1. The Hall–Kier alpha value is -1.66. The lowest BCUT2D eigenvalue weighted by atomic mass is 10.2. The van der Waals surface area contributed by atoms with Crippen molar-refractivity contribution < 1.29 is 9.53 Å². The number of hydrogen-bond donors (Lipinski definition) is 2. The molecule has 1 aromatic rings. The minimum absolute atomic E-state index is 0.141. The molecule has 1 saturated heterocycles. The third-order valence-corrected chi connectivity index (χ3v) is 2.90. The number of ether oxygens (including phenoxy) is 1. The monoisotopic (exact) mass is 250 g/mol. The number of hydrogen-bond acceptors (Lipinski definition) is 5. The van der Waals surface area contributed by atoms with Crippen LogP contribution in [0.15, 0.2) is 18.3 Å². The molecular formula is C12H18N4O2. The lowest BCUT2D eigenvalue weighted by Gasteiger charge is -2.30. The summed E-state index contributed by atoms with van der Waals surface area (Å²) in [5, 5.41) is 3.16. The van der Waals surface area contributed by atoms with E-state index in [2.05, 4.69) is 22.2 Å². The third-order valence-electron chi connectivity index (χ3n) is 2.90. The van der Waals surface area contributed by atoms with Crippen LogP contribution in [0.4, 0.5) is 5.82 Å². The molecule has 2 heterocycles. The molecule has 1 fully saturated rings. The van der Waals surface area contributed by atoms with Crippen LogP contribution in [-0.2, 0) is 4.74 Å². The summed E-state index contributed by atoms with van der Waals surface area (Å²) in [6.45, 7) is 3.27. The van der Waals surface area contributed by atoms with Crippen LogP contribution in [0.5, 0.6) is 0 Å². The van der Waals surface area contributed by atoms with E-state index in [0.29, 0.717) is 17.9 Å². The van der Waals surface area contributed by atoms with Crippen molar-refractivity contribution in [3.8, 4) is 0 Å². The van der Waals surface area contributed by atoms with Gasteiger partial charge in [0.15, 0.2) is 0 Å². The zero-order chi connectivity index (χ0) is 13.0. The normalized spacial score (nSPS) is 20.6. The number of carbonyl (C=O) groups is 1. The summed E-state index contributed by atoms with van der Waals surface area (Å²) in [6, 6.07) is 3.24. The second kappa shape index (κ2) is 5.79. The molecule has 98 valence electrons. The number of nitrogens with two attached hydrogens (primary N) is 1. The maximum absolute atomic E-state index is 11.0. The highest BCUT2D eigenvalue weighted by molar-refractivity contribution is 5.93. The Labute approximate surface area is 106 Å². The average Bonchev–Trinajstić information content (AvgIpc) is 2.37. The van der Waals surface area contributed by atoms with Crippen molar-refractivity contribution in [3.05, 3.63) is 23.9 Å². The molecule has 6 heteroatoms. The summed E-state index contributed by atoms with van der Waals surface area (Å²) < 4.78 is 5.62. The maximum atomic E-state index is 11.0. The molecule has 0 aromatic carbocycles. The summed E-state index contributed by atoms with van der Waals surface area (Å²) in [5.41, 5.74) is 5.67. The zero-order valence-corrected chi connectivity index (χ0v) is 10.4. The van der Waals surface area contributed by atoms with Gasteiger partial charge in [0.05, 0.1) is 12.7 Å². The van der Waals surface area contributed by atoms with E-state index < -0.39 is 5.91 Å². The van der Waals surface area contributed by atoms with Crippen molar-refractivity contribution in [2.24, 2.45) is 5.73 Å². The standard InChI is InChI=1S/C12H18N4O2/c1-16-4-5-18-10(8-16)7-15-11-6-9(12(13)17)2-3-14-11/h2-3,6,10H,4-5,7-8H2,1H3,(H2,13,17)(H,14,15). The minimum atomic E-state index is -0.450. The number of nitrogens with zero attached hydrogens (tertiary/aromatic N) is 2. The number of anilines is 1. The van der Waals surface area contributed by atoms with Crippen molar-refractivity contribution in [1.29, 1.82) is 0 Å². The van der Waals surface area contributed by atoms with E-state index in [1.165, 1.54) is 0 Å². The Morgan fingerprint density at radius 3 is 3.28 bits per heavy atom. The van der Waals surface area contributed by atoms with Gasteiger partial charge in [0.25, 0.3) is 0 Å². The number of likely N-dealkylation sites (N-methyl/N-ethyl adjacent to an activating group) is 1. The number of pyridine rings is 1. The fraction of sp³-hybridized carbons (Fsp3) is 0.500. The Bertz CT molecular complexity index is 424.